The molecule has 3 heterocycles. The molecule has 1 aromatic heterocycles. The molecule has 3 unspecified atom stereocenters. The first-order valence-corrected chi connectivity index (χ1v) is 9.85. The number of carbonyl (C=O) groups is 1. The number of fused-ring (bicyclic) bond motifs is 1. The van der Waals surface area contributed by atoms with E-state index in [1.54, 1.807) is 11.8 Å². The Hall–Kier alpha value is -1.23. The number of hydrogen-bond donors (Lipinski definition) is 0. The number of nitrogens with zero attached hydrogens (tertiary/aromatic N) is 3. The van der Waals surface area contributed by atoms with Gasteiger partial charge in [-0.05, 0) is 31.6 Å². The van der Waals surface area contributed by atoms with Crippen LogP contribution in [0.15, 0.2) is 18.5 Å². The third kappa shape index (κ3) is 2.95. The predicted octanol–water partition coefficient (Wildman–Crippen LogP) is 3.31. The van der Waals surface area contributed by atoms with Crippen molar-refractivity contribution in [1.82, 2.24) is 14.7 Å². The maximum Gasteiger partial charge on any atom is 0.230 e. The molecule has 1 amide bonds. The highest BCUT2D eigenvalue weighted by atomic mass is 32.2. The van der Waals surface area contributed by atoms with Crippen molar-refractivity contribution in [2.45, 2.75) is 44.6 Å². The molecule has 2 fully saturated rings. The summed E-state index contributed by atoms with van der Waals surface area (Å²) in [6, 6.07) is 0.519. The lowest BCUT2D eigenvalue weighted by Gasteiger charge is -2.44. The van der Waals surface area contributed by atoms with E-state index in [2.05, 4.69) is 16.1 Å². The van der Waals surface area contributed by atoms with E-state index in [4.69, 9.17) is 0 Å². The van der Waals surface area contributed by atoms with Crippen LogP contribution in [-0.2, 0) is 11.8 Å². The van der Waals surface area contributed by atoms with Crippen LogP contribution in [0.4, 0.5) is 0 Å². The fourth-order valence-electron chi connectivity index (χ4n) is 4.44. The fourth-order valence-corrected chi connectivity index (χ4v) is 5.57. The van der Waals surface area contributed by atoms with E-state index in [-0.39, 0.29) is 5.92 Å². The van der Waals surface area contributed by atoms with Crippen LogP contribution in [0.25, 0.3) is 4.91 Å². The van der Waals surface area contributed by atoms with E-state index in [0.717, 1.165) is 23.8 Å². The number of thioether (sulfide) groups is 1. The van der Waals surface area contributed by atoms with Crippen LogP contribution < -0.4 is 0 Å². The zero-order valence-electron chi connectivity index (χ0n) is 13.8. The molecule has 1 saturated heterocycles. The molecule has 1 saturated carbocycles. The monoisotopic (exact) mass is 331 g/mol. The number of aryl methyl sites for hydroxylation is 1. The Labute approximate surface area is 142 Å². The summed E-state index contributed by atoms with van der Waals surface area (Å²) in [5.41, 5.74) is 1.14. The number of piperidine rings is 1. The minimum atomic E-state index is 0.0517. The number of hydrogen-bond acceptors (Lipinski definition) is 3. The van der Waals surface area contributed by atoms with E-state index in [9.17, 15) is 4.79 Å². The minimum Gasteiger partial charge on any atom is -0.339 e. The predicted molar refractivity (Wildman–Crippen MR) is 93.8 cm³/mol. The summed E-state index contributed by atoms with van der Waals surface area (Å²) in [6.07, 6.45) is 13.8. The van der Waals surface area contributed by atoms with Crippen molar-refractivity contribution in [2.75, 3.05) is 12.3 Å². The zero-order chi connectivity index (χ0) is 15.8. The van der Waals surface area contributed by atoms with Gasteiger partial charge in [-0.15, -0.1) is 11.8 Å². The lowest BCUT2D eigenvalue weighted by atomic mass is 9.78. The maximum atomic E-state index is 13.1. The fraction of sp³-hybridized carbons (Fsp3) is 0.667. The third-order valence-electron chi connectivity index (χ3n) is 5.60. The third-order valence-corrected chi connectivity index (χ3v) is 6.81. The smallest absolute Gasteiger partial charge is 0.230 e. The lowest BCUT2D eigenvalue weighted by molar-refractivity contribution is -0.139. The zero-order valence-corrected chi connectivity index (χ0v) is 14.6. The largest absolute Gasteiger partial charge is 0.339 e. The number of amides is 1. The van der Waals surface area contributed by atoms with Crippen molar-refractivity contribution >= 4 is 22.6 Å². The van der Waals surface area contributed by atoms with Crippen LogP contribution in [-0.4, -0.2) is 38.9 Å². The minimum absolute atomic E-state index is 0.0517. The van der Waals surface area contributed by atoms with Gasteiger partial charge in [0.25, 0.3) is 0 Å². The van der Waals surface area contributed by atoms with E-state index < -0.39 is 0 Å². The molecule has 0 N–H and O–H groups in total. The quantitative estimate of drug-likeness (QED) is 0.834. The topological polar surface area (TPSA) is 38.1 Å². The molecule has 1 aromatic rings. The Balaban J connectivity index is 1.49. The summed E-state index contributed by atoms with van der Waals surface area (Å²) in [5.74, 6) is 2.07. The summed E-state index contributed by atoms with van der Waals surface area (Å²) in [4.78, 5) is 16.5. The van der Waals surface area contributed by atoms with Crippen molar-refractivity contribution < 1.29 is 4.79 Å². The Kier molecular flexibility index (Phi) is 4.22. The maximum absolute atomic E-state index is 13.1. The van der Waals surface area contributed by atoms with Crippen LogP contribution >= 0.6 is 11.8 Å². The van der Waals surface area contributed by atoms with E-state index in [0.29, 0.717) is 11.9 Å². The molecule has 1 aliphatic carbocycles. The van der Waals surface area contributed by atoms with Gasteiger partial charge in [-0.3, -0.25) is 9.48 Å². The SMILES string of the molecule is Cn1cc(C2=CC(C(=O)N3CCCC4CCCCC43)CS2)cn1. The molecule has 0 spiro atoms. The summed E-state index contributed by atoms with van der Waals surface area (Å²) >= 11 is 1.80. The molecule has 124 valence electrons. The number of aromatic nitrogens is 2. The van der Waals surface area contributed by atoms with Crippen molar-refractivity contribution in [3.8, 4) is 0 Å². The van der Waals surface area contributed by atoms with Gasteiger partial charge < -0.3 is 4.90 Å². The summed E-state index contributed by atoms with van der Waals surface area (Å²) in [5, 5.41) is 4.24. The standard InChI is InChI=1S/C18H25N3OS/c1-20-11-15(10-19-20)17-9-14(12-23-17)18(22)21-8-4-6-13-5-2-3-7-16(13)21/h9-11,13-14,16H,2-8,12H2,1H3. The van der Waals surface area contributed by atoms with Gasteiger partial charge >= 0.3 is 0 Å². The Morgan fingerprint density at radius 3 is 2.91 bits per heavy atom. The first kappa shape index (κ1) is 15.3. The molecule has 0 bridgehead atoms. The van der Waals surface area contributed by atoms with Gasteiger partial charge in [0, 0.05) is 42.1 Å². The van der Waals surface area contributed by atoms with Crippen LogP contribution in [0.1, 0.15) is 44.1 Å². The number of carbonyl (C=O) groups excluding carboxylic acids is 1. The Morgan fingerprint density at radius 2 is 2.09 bits per heavy atom. The van der Waals surface area contributed by atoms with E-state index >= 15 is 0 Å². The van der Waals surface area contributed by atoms with Crippen molar-refractivity contribution in [1.29, 1.82) is 0 Å². The average Bonchev–Trinajstić information content (AvgIpc) is 3.22. The van der Waals surface area contributed by atoms with Gasteiger partial charge in [0.05, 0.1) is 12.1 Å². The van der Waals surface area contributed by atoms with Crippen LogP contribution in [0.5, 0.6) is 0 Å². The molecule has 5 heteroatoms. The Bertz CT molecular complexity index is 622. The second-order valence-corrected chi connectivity index (χ2v) is 8.20. The summed E-state index contributed by atoms with van der Waals surface area (Å²) in [6.45, 7) is 0.969. The first-order chi connectivity index (χ1) is 11.2. The van der Waals surface area contributed by atoms with Gasteiger partial charge in [-0.1, -0.05) is 18.9 Å². The van der Waals surface area contributed by atoms with Crippen LogP contribution in [0, 0.1) is 11.8 Å². The first-order valence-electron chi connectivity index (χ1n) is 8.86. The lowest BCUT2D eigenvalue weighted by Crippen LogP contribution is -2.51. The van der Waals surface area contributed by atoms with Gasteiger partial charge in [0.15, 0.2) is 0 Å². The highest BCUT2D eigenvalue weighted by Gasteiger charge is 2.38. The van der Waals surface area contributed by atoms with Gasteiger partial charge in [0.2, 0.25) is 5.91 Å². The molecule has 4 nitrogen and oxygen atoms in total. The molecule has 4 rings (SSSR count). The van der Waals surface area contributed by atoms with Gasteiger partial charge in [-0.25, -0.2) is 0 Å². The molecule has 23 heavy (non-hydrogen) atoms. The second-order valence-electron chi connectivity index (χ2n) is 7.14. The molecular weight excluding hydrogens is 306 g/mol. The summed E-state index contributed by atoms with van der Waals surface area (Å²) in [7, 11) is 1.93. The molecule has 3 aliphatic rings. The number of likely N-dealkylation sites (tertiary alicyclic amines) is 1. The van der Waals surface area contributed by atoms with Crippen molar-refractivity contribution in [2.24, 2.45) is 18.9 Å². The average molecular weight is 331 g/mol. The Morgan fingerprint density at radius 1 is 1.26 bits per heavy atom. The summed E-state index contributed by atoms with van der Waals surface area (Å²) < 4.78 is 1.82. The molecule has 3 atom stereocenters. The van der Waals surface area contributed by atoms with Gasteiger partial charge in [0.1, 0.15) is 0 Å². The van der Waals surface area contributed by atoms with E-state index in [1.165, 1.54) is 43.4 Å². The molecular formula is C18H25N3OS. The number of rotatable bonds is 2. The second kappa shape index (κ2) is 6.34. The van der Waals surface area contributed by atoms with Crippen LogP contribution in [0.3, 0.4) is 0 Å². The molecule has 0 aromatic carbocycles. The van der Waals surface area contributed by atoms with Gasteiger partial charge in [-0.2, -0.15) is 5.10 Å². The molecule has 0 radical (unpaired) electrons. The van der Waals surface area contributed by atoms with Crippen LogP contribution in [0.2, 0.25) is 0 Å². The van der Waals surface area contributed by atoms with Crippen molar-refractivity contribution in [3.63, 3.8) is 0 Å². The normalized spacial score (nSPS) is 30.9. The molecule has 2 aliphatic heterocycles. The van der Waals surface area contributed by atoms with E-state index in [1.807, 2.05) is 24.1 Å². The highest BCUT2D eigenvalue weighted by molar-refractivity contribution is 8.08. The van der Waals surface area contributed by atoms with Crippen molar-refractivity contribution in [3.05, 3.63) is 24.0 Å². The highest BCUT2D eigenvalue weighted by Crippen LogP contribution is 2.40.